The summed E-state index contributed by atoms with van der Waals surface area (Å²) in [6.45, 7) is 11.5. The number of carbonyl (C=O) groups is 2. The van der Waals surface area contributed by atoms with E-state index >= 15 is 0 Å². The number of hydrogen-bond donors (Lipinski definition) is 1. The molecule has 0 aliphatic carbocycles. The molecule has 1 aromatic heterocycles. The highest BCUT2D eigenvalue weighted by Gasteiger charge is 2.39. The Morgan fingerprint density at radius 1 is 1.23 bits per heavy atom. The SMILES string of the molecule is CCOCC(=O)N1C[C@H]2CN(Cc3c(C)noc3C)CC[C@H]2C1.O=C(O)C(F)(F)F. The number of likely N-dealkylation sites (tertiary alicyclic amines) is 2. The molecule has 0 radical (unpaired) electrons. The Hall–Kier alpha value is -2.14. The van der Waals surface area contributed by atoms with Gasteiger partial charge < -0.3 is 19.3 Å². The van der Waals surface area contributed by atoms with E-state index in [9.17, 15) is 18.0 Å². The average molecular weight is 435 g/mol. The first kappa shape index (κ1) is 24.1. The molecule has 0 bridgehead atoms. The number of piperidine rings is 1. The molecule has 8 nitrogen and oxygen atoms in total. The fraction of sp³-hybridized carbons (Fsp3) is 0.737. The summed E-state index contributed by atoms with van der Waals surface area (Å²) in [5.74, 6) is -0.480. The topological polar surface area (TPSA) is 96.1 Å². The molecule has 3 rings (SSSR count). The van der Waals surface area contributed by atoms with Gasteiger partial charge in [-0.15, -0.1) is 0 Å². The molecule has 1 amide bonds. The van der Waals surface area contributed by atoms with E-state index in [1.54, 1.807) is 0 Å². The number of alkyl halides is 3. The van der Waals surface area contributed by atoms with Crippen molar-refractivity contribution in [2.45, 2.75) is 39.9 Å². The van der Waals surface area contributed by atoms with Gasteiger partial charge in [0, 0.05) is 38.3 Å². The third-order valence-corrected chi connectivity index (χ3v) is 5.47. The van der Waals surface area contributed by atoms with E-state index in [4.69, 9.17) is 19.2 Å². The van der Waals surface area contributed by atoms with E-state index in [0.29, 0.717) is 18.4 Å². The maximum absolute atomic E-state index is 12.1. The first-order valence-corrected chi connectivity index (χ1v) is 9.82. The number of amides is 1. The van der Waals surface area contributed by atoms with E-state index in [-0.39, 0.29) is 12.5 Å². The van der Waals surface area contributed by atoms with Crippen LogP contribution in [-0.2, 0) is 20.9 Å². The number of ether oxygens (including phenoxy) is 1. The van der Waals surface area contributed by atoms with Gasteiger partial charge in [-0.3, -0.25) is 9.69 Å². The molecule has 0 unspecified atom stereocenters. The molecule has 0 spiro atoms. The summed E-state index contributed by atoms with van der Waals surface area (Å²) in [4.78, 5) is 25.5. The number of aromatic nitrogens is 1. The molecular formula is C19H28F3N3O5. The molecule has 0 aromatic carbocycles. The van der Waals surface area contributed by atoms with Crippen molar-refractivity contribution in [2.24, 2.45) is 11.8 Å². The Morgan fingerprint density at radius 2 is 1.87 bits per heavy atom. The van der Waals surface area contributed by atoms with Crippen LogP contribution in [0.15, 0.2) is 4.52 Å². The summed E-state index contributed by atoms with van der Waals surface area (Å²) in [6, 6.07) is 0. The van der Waals surface area contributed by atoms with E-state index in [1.165, 1.54) is 5.56 Å². The summed E-state index contributed by atoms with van der Waals surface area (Å²) in [5, 5.41) is 11.2. The van der Waals surface area contributed by atoms with Crippen LogP contribution >= 0.6 is 0 Å². The fourth-order valence-corrected chi connectivity index (χ4v) is 3.82. The van der Waals surface area contributed by atoms with E-state index in [2.05, 4.69) is 10.1 Å². The van der Waals surface area contributed by atoms with Crippen LogP contribution in [0.5, 0.6) is 0 Å². The number of hydrogen-bond acceptors (Lipinski definition) is 6. The number of rotatable bonds is 5. The first-order valence-electron chi connectivity index (χ1n) is 9.82. The van der Waals surface area contributed by atoms with Gasteiger partial charge in [0.05, 0.1) is 5.69 Å². The van der Waals surface area contributed by atoms with Crippen LogP contribution in [-0.4, -0.2) is 77.5 Å². The molecule has 2 saturated heterocycles. The summed E-state index contributed by atoms with van der Waals surface area (Å²) in [6.07, 6.45) is -3.92. The molecule has 2 aliphatic heterocycles. The van der Waals surface area contributed by atoms with Crippen molar-refractivity contribution in [1.29, 1.82) is 0 Å². The van der Waals surface area contributed by atoms with Crippen molar-refractivity contribution in [3.63, 3.8) is 0 Å². The van der Waals surface area contributed by atoms with Crippen molar-refractivity contribution in [1.82, 2.24) is 15.0 Å². The number of aliphatic carboxylic acids is 1. The minimum Gasteiger partial charge on any atom is -0.475 e. The molecule has 2 atom stereocenters. The number of aryl methyl sites for hydroxylation is 2. The highest BCUT2D eigenvalue weighted by Crippen LogP contribution is 2.32. The monoisotopic (exact) mass is 435 g/mol. The Kier molecular flexibility index (Phi) is 8.25. The molecule has 1 N–H and O–H groups in total. The van der Waals surface area contributed by atoms with Crippen LogP contribution in [0.1, 0.15) is 30.4 Å². The number of carboxylic acid groups (broad SMARTS) is 1. The van der Waals surface area contributed by atoms with Crippen molar-refractivity contribution in [2.75, 3.05) is 39.4 Å². The highest BCUT2D eigenvalue weighted by atomic mass is 19.4. The van der Waals surface area contributed by atoms with E-state index in [1.807, 2.05) is 25.7 Å². The highest BCUT2D eigenvalue weighted by molar-refractivity contribution is 5.77. The maximum Gasteiger partial charge on any atom is 0.490 e. The minimum atomic E-state index is -5.08. The van der Waals surface area contributed by atoms with Crippen molar-refractivity contribution >= 4 is 11.9 Å². The van der Waals surface area contributed by atoms with Crippen LogP contribution in [0, 0.1) is 25.7 Å². The Balaban J connectivity index is 0.000000396. The lowest BCUT2D eigenvalue weighted by Crippen LogP contribution is -2.39. The van der Waals surface area contributed by atoms with Crippen LogP contribution in [0.25, 0.3) is 0 Å². The largest absolute Gasteiger partial charge is 0.490 e. The molecular weight excluding hydrogens is 407 g/mol. The number of halogens is 3. The fourth-order valence-electron chi connectivity index (χ4n) is 3.82. The zero-order chi connectivity index (χ0) is 22.5. The molecule has 1 aromatic rings. The van der Waals surface area contributed by atoms with Crippen LogP contribution in [0.2, 0.25) is 0 Å². The van der Waals surface area contributed by atoms with Crippen molar-refractivity contribution in [3.8, 4) is 0 Å². The van der Waals surface area contributed by atoms with E-state index in [0.717, 1.165) is 50.6 Å². The van der Waals surface area contributed by atoms with Crippen molar-refractivity contribution < 1.29 is 37.1 Å². The normalized spacial score (nSPS) is 21.7. The second kappa shape index (κ2) is 10.3. The minimum absolute atomic E-state index is 0.138. The van der Waals surface area contributed by atoms with Crippen LogP contribution in [0.3, 0.4) is 0 Å². The Bertz CT molecular complexity index is 718. The van der Waals surface area contributed by atoms with Gasteiger partial charge in [-0.1, -0.05) is 5.16 Å². The zero-order valence-corrected chi connectivity index (χ0v) is 17.4. The molecule has 2 fully saturated rings. The quantitative estimate of drug-likeness (QED) is 0.758. The average Bonchev–Trinajstić information content (AvgIpc) is 3.24. The Morgan fingerprint density at radius 3 is 2.40 bits per heavy atom. The van der Waals surface area contributed by atoms with Gasteiger partial charge in [0.1, 0.15) is 12.4 Å². The summed E-state index contributed by atoms with van der Waals surface area (Å²) < 4.78 is 42.3. The number of nitrogens with zero attached hydrogens (tertiary/aromatic N) is 3. The van der Waals surface area contributed by atoms with Crippen LogP contribution in [0.4, 0.5) is 13.2 Å². The molecule has 3 heterocycles. The second-order valence-corrected chi connectivity index (χ2v) is 7.59. The lowest BCUT2D eigenvalue weighted by molar-refractivity contribution is -0.192. The lowest BCUT2D eigenvalue weighted by atomic mass is 9.88. The zero-order valence-electron chi connectivity index (χ0n) is 17.4. The summed E-state index contributed by atoms with van der Waals surface area (Å²) >= 11 is 0. The number of fused-ring (bicyclic) bond motifs is 1. The molecule has 30 heavy (non-hydrogen) atoms. The smallest absolute Gasteiger partial charge is 0.475 e. The van der Waals surface area contributed by atoms with Gasteiger partial charge in [0.2, 0.25) is 5.91 Å². The number of carbonyl (C=O) groups excluding carboxylic acids is 1. The summed E-state index contributed by atoms with van der Waals surface area (Å²) in [7, 11) is 0. The molecule has 0 saturated carbocycles. The van der Waals surface area contributed by atoms with Crippen molar-refractivity contribution in [3.05, 3.63) is 17.0 Å². The van der Waals surface area contributed by atoms with Gasteiger partial charge in [-0.2, -0.15) is 13.2 Å². The van der Waals surface area contributed by atoms with Crippen LogP contribution < -0.4 is 0 Å². The second-order valence-electron chi connectivity index (χ2n) is 7.59. The molecule has 170 valence electrons. The van der Waals surface area contributed by atoms with Gasteiger partial charge in [-0.25, -0.2) is 4.79 Å². The molecule has 11 heteroatoms. The first-order chi connectivity index (χ1) is 14.0. The number of carboxylic acids is 1. The van der Waals surface area contributed by atoms with Gasteiger partial charge >= 0.3 is 12.1 Å². The third kappa shape index (κ3) is 6.43. The lowest BCUT2D eigenvalue weighted by Gasteiger charge is -2.34. The Labute approximate surface area is 172 Å². The standard InChI is InChI=1S/C17H27N3O3.C2HF3O2/c1-4-22-11-17(21)20-8-14-5-6-19(7-15(14)9-20)10-16-12(2)18-23-13(16)3;3-2(4,5)1(6)7/h14-15H,4-11H2,1-3H3;(H,6,7)/t14-,15+;/m0./s1. The molecule has 2 aliphatic rings. The maximum atomic E-state index is 12.1. The van der Waals surface area contributed by atoms with Gasteiger partial charge in [0.15, 0.2) is 0 Å². The van der Waals surface area contributed by atoms with E-state index < -0.39 is 12.1 Å². The summed E-state index contributed by atoms with van der Waals surface area (Å²) in [5.41, 5.74) is 2.20. The van der Waals surface area contributed by atoms with Gasteiger partial charge in [0.25, 0.3) is 0 Å². The third-order valence-electron chi connectivity index (χ3n) is 5.47. The predicted octanol–water partition coefficient (Wildman–Crippen LogP) is 2.24. The predicted molar refractivity (Wildman–Crippen MR) is 99.6 cm³/mol. The van der Waals surface area contributed by atoms with Gasteiger partial charge in [-0.05, 0) is 45.6 Å².